The van der Waals surface area contributed by atoms with Crippen molar-refractivity contribution in [3.8, 4) is 11.5 Å². The number of nitrogens with one attached hydrogen (secondary N) is 1. The number of guanidine groups is 2. The second-order valence-electron chi connectivity index (χ2n) is 4.76. The molecule has 0 aliphatic carbocycles. The number of rotatable bonds is 1. The average molecular weight is 277 g/mol. The first-order valence-corrected chi connectivity index (χ1v) is 6.24. The van der Waals surface area contributed by atoms with Crippen LogP contribution in [0.4, 0.5) is 5.69 Å². The molecule has 1 heterocycles. The average Bonchev–Trinajstić information content (AvgIpc) is 2.40. The monoisotopic (exact) mass is 277 g/mol. The van der Waals surface area contributed by atoms with Crippen LogP contribution in [-0.4, -0.2) is 54.3 Å². The number of benzene rings is 1. The molecule has 1 aliphatic rings. The van der Waals surface area contributed by atoms with E-state index in [1.54, 1.807) is 24.1 Å². The Morgan fingerprint density at radius 3 is 2.40 bits per heavy atom. The lowest BCUT2D eigenvalue weighted by Gasteiger charge is -2.29. The lowest BCUT2D eigenvalue weighted by Crippen LogP contribution is -2.50. The van der Waals surface area contributed by atoms with Gasteiger partial charge in [0.25, 0.3) is 0 Å². The molecule has 0 radical (unpaired) electrons. The molecule has 1 atom stereocenters. The van der Waals surface area contributed by atoms with Gasteiger partial charge in [0.2, 0.25) is 11.9 Å². The molecule has 1 unspecified atom stereocenters. The first-order valence-electron chi connectivity index (χ1n) is 6.24. The second-order valence-corrected chi connectivity index (χ2v) is 4.76. The Labute approximate surface area is 117 Å². The standard InChI is InChI=1S/C13H19N5O2/c1-8-14-12(17(2)3)16-13(15-8)18(4)9-6-5-7-10(19)11(9)20/h5-8,19-20H,1-4H3,(H,14,15,16). The molecule has 7 heteroatoms. The molecule has 0 bridgehead atoms. The Morgan fingerprint density at radius 2 is 1.75 bits per heavy atom. The van der Waals surface area contributed by atoms with E-state index < -0.39 is 0 Å². The maximum atomic E-state index is 9.92. The van der Waals surface area contributed by atoms with Gasteiger partial charge in [-0.25, -0.2) is 9.98 Å². The number of hydrogen-bond acceptors (Lipinski definition) is 7. The fraction of sp³-hybridized carbons (Fsp3) is 0.385. The summed E-state index contributed by atoms with van der Waals surface area (Å²) in [5.41, 5.74) is 0.462. The SMILES string of the molecule is CC1N=C(N(C)C)NC(N(C)c2cccc(O)c2O)=N1. The van der Waals surface area contributed by atoms with Crippen LogP contribution in [0.15, 0.2) is 28.2 Å². The van der Waals surface area contributed by atoms with E-state index in [1.807, 2.05) is 25.9 Å². The van der Waals surface area contributed by atoms with Gasteiger partial charge in [-0.05, 0) is 19.1 Å². The third kappa shape index (κ3) is 2.61. The van der Waals surface area contributed by atoms with E-state index in [0.717, 1.165) is 0 Å². The van der Waals surface area contributed by atoms with Crippen molar-refractivity contribution in [1.82, 2.24) is 10.2 Å². The van der Waals surface area contributed by atoms with Gasteiger partial charge in [0.05, 0.1) is 5.69 Å². The van der Waals surface area contributed by atoms with Crippen LogP contribution < -0.4 is 10.2 Å². The fourth-order valence-electron chi connectivity index (χ4n) is 1.85. The maximum absolute atomic E-state index is 9.92. The number of para-hydroxylation sites is 1. The number of aromatic hydroxyl groups is 2. The lowest BCUT2D eigenvalue weighted by atomic mass is 10.2. The van der Waals surface area contributed by atoms with E-state index in [2.05, 4.69) is 15.3 Å². The van der Waals surface area contributed by atoms with E-state index in [-0.39, 0.29) is 17.7 Å². The summed E-state index contributed by atoms with van der Waals surface area (Å²) in [6.45, 7) is 1.88. The van der Waals surface area contributed by atoms with Crippen LogP contribution in [0, 0.1) is 0 Å². The summed E-state index contributed by atoms with van der Waals surface area (Å²) < 4.78 is 0. The minimum absolute atomic E-state index is 0.166. The zero-order chi connectivity index (χ0) is 14.9. The molecule has 20 heavy (non-hydrogen) atoms. The van der Waals surface area contributed by atoms with Crippen molar-refractivity contribution in [2.24, 2.45) is 9.98 Å². The Kier molecular flexibility index (Phi) is 3.69. The topological polar surface area (TPSA) is 83.7 Å². The molecular formula is C13H19N5O2. The highest BCUT2D eigenvalue weighted by Gasteiger charge is 2.21. The summed E-state index contributed by atoms with van der Waals surface area (Å²) in [7, 11) is 5.52. The molecule has 1 aromatic rings. The lowest BCUT2D eigenvalue weighted by molar-refractivity contribution is 0.404. The predicted molar refractivity (Wildman–Crippen MR) is 79.3 cm³/mol. The Balaban J connectivity index is 2.30. The molecule has 7 nitrogen and oxygen atoms in total. The van der Waals surface area contributed by atoms with Gasteiger partial charge in [-0.2, -0.15) is 0 Å². The number of aliphatic imine (C=N–C) groups is 2. The first kappa shape index (κ1) is 14.0. The Morgan fingerprint density at radius 1 is 1.10 bits per heavy atom. The quantitative estimate of drug-likeness (QED) is 0.660. The number of phenols is 2. The van der Waals surface area contributed by atoms with Crippen LogP contribution in [0.3, 0.4) is 0 Å². The Hall–Kier alpha value is -2.44. The minimum atomic E-state index is -0.217. The highest BCUT2D eigenvalue weighted by Crippen LogP contribution is 2.34. The highest BCUT2D eigenvalue weighted by atomic mass is 16.3. The normalized spacial score (nSPS) is 17.9. The number of phenolic OH excluding ortho intramolecular Hbond substituents is 2. The largest absolute Gasteiger partial charge is 0.504 e. The molecule has 0 saturated carbocycles. The summed E-state index contributed by atoms with van der Waals surface area (Å²) >= 11 is 0. The highest BCUT2D eigenvalue weighted by molar-refractivity contribution is 6.08. The molecular weight excluding hydrogens is 258 g/mol. The van der Waals surface area contributed by atoms with Crippen molar-refractivity contribution in [1.29, 1.82) is 0 Å². The van der Waals surface area contributed by atoms with Crippen molar-refractivity contribution in [3.63, 3.8) is 0 Å². The van der Waals surface area contributed by atoms with Crippen molar-refractivity contribution < 1.29 is 10.2 Å². The second kappa shape index (κ2) is 5.28. The maximum Gasteiger partial charge on any atom is 0.207 e. The summed E-state index contributed by atoms with van der Waals surface area (Å²) in [6.07, 6.45) is -0.217. The van der Waals surface area contributed by atoms with E-state index in [1.165, 1.54) is 6.07 Å². The third-order valence-electron chi connectivity index (χ3n) is 2.94. The van der Waals surface area contributed by atoms with Crippen LogP contribution >= 0.6 is 0 Å². The van der Waals surface area contributed by atoms with Crippen molar-refractivity contribution in [2.75, 3.05) is 26.0 Å². The van der Waals surface area contributed by atoms with Gasteiger partial charge in [-0.1, -0.05) is 6.07 Å². The van der Waals surface area contributed by atoms with Crippen LogP contribution in [0.25, 0.3) is 0 Å². The molecule has 1 aliphatic heterocycles. The van der Waals surface area contributed by atoms with E-state index in [9.17, 15) is 10.2 Å². The number of nitrogens with zero attached hydrogens (tertiary/aromatic N) is 4. The third-order valence-corrected chi connectivity index (χ3v) is 2.94. The molecule has 0 amide bonds. The van der Waals surface area contributed by atoms with Gasteiger partial charge in [0, 0.05) is 21.1 Å². The molecule has 3 N–H and O–H groups in total. The predicted octanol–water partition coefficient (Wildman–Crippen LogP) is 0.757. The zero-order valence-electron chi connectivity index (χ0n) is 12.0. The van der Waals surface area contributed by atoms with Gasteiger partial charge in [0.15, 0.2) is 11.5 Å². The Bertz CT molecular complexity index is 568. The molecule has 108 valence electrons. The smallest absolute Gasteiger partial charge is 0.207 e. The summed E-state index contributed by atoms with van der Waals surface area (Å²) in [6, 6.07) is 4.79. The van der Waals surface area contributed by atoms with Crippen LogP contribution in [0.2, 0.25) is 0 Å². The summed E-state index contributed by atoms with van der Waals surface area (Å²) in [4.78, 5) is 12.3. The van der Waals surface area contributed by atoms with Gasteiger partial charge in [-0.3, -0.25) is 5.32 Å². The number of anilines is 1. The minimum Gasteiger partial charge on any atom is -0.504 e. The first-order chi connectivity index (χ1) is 9.40. The molecule has 0 fully saturated rings. The molecule has 0 aromatic heterocycles. The van der Waals surface area contributed by atoms with Gasteiger partial charge < -0.3 is 20.0 Å². The van der Waals surface area contributed by atoms with Crippen LogP contribution in [-0.2, 0) is 0 Å². The van der Waals surface area contributed by atoms with Gasteiger partial charge in [-0.15, -0.1) is 0 Å². The summed E-state index contributed by atoms with van der Waals surface area (Å²) in [5, 5.41) is 22.6. The summed E-state index contributed by atoms with van der Waals surface area (Å²) in [5.74, 6) is 0.896. The van der Waals surface area contributed by atoms with E-state index >= 15 is 0 Å². The molecule has 2 rings (SSSR count). The van der Waals surface area contributed by atoms with Gasteiger partial charge in [0.1, 0.15) is 6.17 Å². The van der Waals surface area contributed by atoms with Crippen LogP contribution in [0.1, 0.15) is 6.92 Å². The fourth-order valence-corrected chi connectivity index (χ4v) is 1.85. The number of hydrogen-bond donors (Lipinski definition) is 3. The van der Waals surface area contributed by atoms with Crippen molar-refractivity contribution in [2.45, 2.75) is 13.1 Å². The van der Waals surface area contributed by atoms with E-state index in [4.69, 9.17) is 0 Å². The van der Waals surface area contributed by atoms with E-state index in [0.29, 0.717) is 17.6 Å². The zero-order valence-corrected chi connectivity index (χ0v) is 12.0. The van der Waals surface area contributed by atoms with Crippen LogP contribution in [0.5, 0.6) is 11.5 Å². The molecule has 0 saturated heterocycles. The van der Waals surface area contributed by atoms with Gasteiger partial charge >= 0.3 is 0 Å². The van der Waals surface area contributed by atoms with Crippen molar-refractivity contribution >= 4 is 17.6 Å². The van der Waals surface area contributed by atoms with Crippen molar-refractivity contribution in [3.05, 3.63) is 18.2 Å². The molecule has 1 aromatic carbocycles. The molecule has 0 spiro atoms.